The third kappa shape index (κ3) is 2.93. The van der Waals surface area contributed by atoms with Gasteiger partial charge in [0.2, 0.25) is 0 Å². The zero-order chi connectivity index (χ0) is 17.0. The van der Waals surface area contributed by atoms with Crippen LogP contribution in [-0.2, 0) is 14.7 Å². The molecule has 0 unspecified atom stereocenters. The molecule has 1 saturated heterocycles. The molecule has 0 atom stereocenters. The summed E-state index contributed by atoms with van der Waals surface area (Å²) in [6.45, 7) is 15.1. The van der Waals surface area contributed by atoms with Gasteiger partial charge in [0, 0.05) is 0 Å². The molecule has 0 radical (unpaired) electrons. The fraction of sp³-hybridized carbons (Fsp3) is 0.500. The second-order valence-electron chi connectivity index (χ2n) is 8.66. The van der Waals surface area contributed by atoms with Crippen LogP contribution in [0.5, 0.6) is 0 Å². The van der Waals surface area contributed by atoms with Gasteiger partial charge in [0.05, 0.1) is 11.2 Å². The van der Waals surface area contributed by atoms with Gasteiger partial charge in [-0.25, -0.2) is 0 Å². The highest BCUT2D eigenvalue weighted by atomic mass is 16.7. The minimum Gasteiger partial charge on any atom is -0.399 e. The van der Waals surface area contributed by atoms with Crippen molar-refractivity contribution in [3.8, 4) is 0 Å². The van der Waals surface area contributed by atoms with Gasteiger partial charge in [0.25, 0.3) is 0 Å². The Labute approximate surface area is 140 Å². The molecule has 0 saturated carbocycles. The van der Waals surface area contributed by atoms with Crippen molar-refractivity contribution in [3.63, 3.8) is 0 Å². The second-order valence-corrected chi connectivity index (χ2v) is 8.66. The molecule has 0 spiro atoms. The van der Waals surface area contributed by atoms with E-state index in [-0.39, 0.29) is 23.7 Å². The molecule has 1 heterocycles. The molecule has 122 valence electrons. The number of benzene rings is 2. The largest absolute Gasteiger partial charge is 0.494 e. The van der Waals surface area contributed by atoms with Crippen molar-refractivity contribution in [2.45, 2.75) is 65.1 Å². The molecule has 1 aliphatic rings. The molecule has 23 heavy (non-hydrogen) atoms. The van der Waals surface area contributed by atoms with Gasteiger partial charge >= 0.3 is 7.12 Å². The molecule has 0 aromatic heterocycles. The topological polar surface area (TPSA) is 18.5 Å². The number of hydrogen-bond acceptors (Lipinski definition) is 2. The Morgan fingerprint density at radius 1 is 0.783 bits per heavy atom. The predicted molar refractivity (Wildman–Crippen MR) is 98.4 cm³/mol. The molecule has 0 amide bonds. The smallest absolute Gasteiger partial charge is 0.399 e. The number of fused-ring (bicyclic) bond motifs is 1. The Kier molecular flexibility index (Phi) is 3.66. The van der Waals surface area contributed by atoms with Crippen LogP contribution in [0, 0.1) is 0 Å². The Morgan fingerprint density at radius 2 is 1.30 bits per heavy atom. The fourth-order valence-corrected chi connectivity index (χ4v) is 2.86. The molecule has 3 rings (SSSR count). The molecular weight excluding hydrogens is 283 g/mol. The minimum absolute atomic E-state index is 0.165. The first-order chi connectivity index (χ1) is 10.5. The third-order valence-corrected chi connectivity index (χ3v) is 5.26. The third-order valence-electron chi connectivity index (χ3n) is 5.26. The lowest BCUT2D eigenvalue weighted by Crippen LogP contribution is -2.41. The van der Waals surface area contributed by atoms with Gasteiger partial charge < -0.3 is 9.31 Å². The Morgan fingerprint density at radius 3 is 1.87 bits per heavy atom. The maximum Gasteiger partial charge on any atom is 0.494 e. The van der Waals surface area contributed by atoms with E-state index in [9.17, 15) is 0 Å². The van der Waals surface area contributed by atoms with Crippen LogP contribution in [0.4, 0.5) is 0 Å². The summed E-state index contributed by atoms with van der Waals surface area (Å²) >= 11 is 0. The lowest BCUT2D eigenvalue weighted by atomic mass is 9.77. The summed E-state index contributed by atoms with van der Waals surface area (Å²) < 4.78 is 12.3. The number of hydrogen-bond donors (Lipinski definition) is 0. The van der Waals surface area contributed by atoms with Crippen LogP contribution in [0.25, 0.3) is 10.8 Å². The van der Waals surface area contributed by atoms with E-state index < -0.39 is 0 Å². The molecule has 0 bridgehead atoms. The molecule has 0 N–H and O–H groups in total. The van der Waals surface area contributed by atoms with E-state index in [1.54, 1.807) is 0 Å². The molecule has 0 aliphatic carbocycles. The van der Waals surface area contributed by atoms with Crippen molar-refractivity contribution in [1.29, 1.82) is 0 Å². The molecule has 3 heteroatoms. The van der Waals surface area contributed by atoms with Gasteiger partial charge in [-0.2, -0.15) is 0 Å². The highest BCUT2D eigenvalue weighted by Gasteiger charge is 2.51. The first-order valence-corrected chi connectivity index (χ1v) is 8.39. The van der Waals surface area contributed by atoms with E-state index in [1.807, 2.05) is 0 Å². The van der Waals surface area contributed by atoms with Crippen LogP contribution in [0.15, 0.2) is 36.4 Å². The molecule has 1 fully saturated rings. The summed E-state index contributed by atoms with van der Waals surface area (Å²) in [5.74, 6) is 0. The van der Waals surface area contributed by atoms with Crippen LogP contribution in [-0.4, -0.2) is 18.3 Å². The molecule has 2 aromatic carbocycles. The van der Waals surface area contributed by atoms with Crippen LogP contribution >= 0.6 is 0 Å². The monoisotopic (exact) mass is 310 g/mol. The Bertz CT molecular complexity index is 725. The molecule has 2 nitrogen and oxygen atoms in total. The quantitative estimate of drug-likeness (QED) is 0.725. The van der Waals surface area contributed by atoms with Gasteiger partial charge in [0.1, 0.15) is 0 Å². The van der Waals surface area contributed by atoms with Gasteiger partial charge in [-0.05, 0) is 54.9 Å². The zero-order valence-corrected chi connectivity index (χ0v) is 15.4. The summed E-state index contributed by atoms with van der Waals surface area (Å²) in [6.07, 6.45) is 0. The van der Waals surface area contributed by atoms with E-state index >= 15 is 0 Å². The molecular formula is C20H27BO2. The number of rotatable bonds is 1. The van der Waals surface area contributed by atoms with E-state index in [0.717, 1.165) is 5.46 Å². The first-order valence-electron chi connectivity index (χ1n) is 8.39. The fourth-order valence-electron chi connectivity index (χ4n) is 2.86. The Balaban J connectivity index is 1.96. The van der Waals surface area contributed by atoms with Crippen LogP contribution in [0.2, 0.25) is 0 Å². The average Bonchev–Trinajstić information content (AvgIpc) is 2.65. The normalized spacial score (nSPS) is 20.2. The van der Waals surface area contributed by atoms with Crippen LogP contribution < -0.4 is 5.46 Å². The summed E-state index contributed by atoms with van der Waals surface area (Å²) in [5, 5.41) is 2.49. The van der Waals surface area contributed by atoms with Crippen LogP contribution in [0.1, 0.15) is 54.0 Å². The van der Waals surface area contributed by atoms with Crippen molar-refractivity contribution in [2.24, 2.45) is 0 Å². The summed E-state index contributed by atoms with van der Waals surface area (Å²) in [7, 11) is -0.299. The van der Waals surface area contributed by atoms with Crippen molar-refractivity contribution in [1.82, 2.24) is 0 Å². The van der Waals surface area contributed by atoms with E-state index in [1.165, 1.54) is 16.3 Å². The molecule has 2 aromatic rings. The van der Waals surface area contributed by atoms with Crippen molar-refractivity contribution < 1.29 is 9.31 Å². The van der Waals surface area contributed by atoms with Crippen molar-refractivity contribution in [3.05, 3.63) is 42.0 Å². The Hall–Kier alpha value is -1.32. The zero-order valence-electron chi connectivity index (χ0n) is 15.4. The lowest BCUT2D eigenvalue weighted by Gasteiger charge is -2.32. The van der Waals surface area contributed by atoms with E-state index in [0.29, 0.717) is 0 Å². The predicted octanol–water partition coefficient (Wildman–Crippen LogP) is 4.44. The summed E-state index contributed by atoms with van der Waals surface area (Å²) in [5.41, 5.74) is 2.00. The lowest BCUT2D eigenvalue weighted by molar-refractivity contribution is 0.00578. The van der Waals surface area contributed by atoms with Gasteiger partial charge in [-0.3, -0.25) is 0 Å². The standard InChI is InChI=1S/C20H27BO2/c1-18(2,3)16-10-8-15-13-17(11-9-14(15)12-16)21-22-19(4,5)20(6,7)23-21/h8-13H,1-7H3. The maximum atomic E-state index is 6.15. The SMILES string of the molecule is CC(C)(C)c1ccc2cc(B3OC(C)(C)C(C)(C)O3)ccc2c1. The average molecular weight is 310 g/mol. The van der Waals surface area contributed by atoms with E-state index in [2.05, 4.69) is 84.9 Å². The van der Waals surface area contributed by atoms with Crippen molar-refractivity contribution >= 4 is 23.4 Å². The second kappa shape index (κ2) is 5.09. The minimum atomic E-state index is -0.303. The highest BCUT2D eigenvalue weighted by Crippen LogP contribution is 2.36. The summed E-state index contributed by atoms with van der Waals surface area (Å²) in [6, 6.07) is 13.2. The van der Waals surface area contributed by atoms with Gasteiger partial charge in [-0.15, -0.1) is 0 Å². The van der Waals surface area contributed by atoms with Gasteiger partial charge in [0.15, 0.2) is 0 Å². The van der Waals surface area contributed by atoms with Crippen LogP contribution in [0.3, 0.4) is 0 Å². The van der Waals surface area contributed by atoms with Gasteiger partial charge in [-0.1, -0.05) is 57.2 Å². The molecule has 1 aliphatic heterocycles. The maximum absolute atomic E-state index is 6.15. The van der Waals surface area contributed by atoms with Crippen molar-refractivity contribution in [2.75, 3.05) is 0 Å². The highest BCUT2D eigenvalue weighted by molar-refractivity contribution is 6.62. The first kappa shape index (κ1) is 16.5. The van der Waals surface area contributed by atoms with E-state index in [4.69, 9.17) is 9.31 Å². The summed E-state index contributed by atoms with van der Waals surface area (Å²) in [4.78, 5) is 0.